The van der Waals surface area contributed by atoms with Gasteiger partial charge in [0.15, 0.2) is 0 Å². The van der Waals surface area contributed by atoms with Gasteiger partial charge in [0.2, 0.25) is 0 Å². The highest BCUT2D eigenvalue weighted by Crippen LogP contribution is 2.43. The predicted octanol–water partition coefficient (Wildman–Crippen LogP) is 4.00. The van der Waals surface area contributed by atoms with Crippen LogP contribution < -0.4 is 9.47 Å². The molecule has 4 nitrogen and oxygen atoms in total. The van der Waals surface area contributed by atoms with Gasteiger partial charge in [-0.2, -0.15) is 0 Å². The van der Waals surface area contributed by atoms with Crippen LogP contribution in [0.4, 0.5) is 0 Å². The van der Waals surface area contributed by atoms with Gasteiger partial charge in [-0.3, -0.25) is 0 Å². The summed E-state index contributed by atoms with van der Waals surface area (Å²) in [7, 11) is 0. The average molecular weight is 324 g/mol. The van der Waals surface area contributed by atoms with E-state index in [9.17, 15) is 10.2 Å². The Labute approximate surface area is 141 Å². The van der Waals surface area contributed by atoms with Crippen LogP contribution in [-0.4, -0.2) is 22.4 Å². The fourth-order valence-electron chi connectivity index (χ4n) is 3.35. The Bertz CT molecular complexity index is 836. The predicted molar refractivity (Wildman–Crippen MR) is 91.9 cm³/mol. The second-order valence-corrected chi connectivity index (χ2v) is 6.96. The fraction of sp³-hybridized carbons (Fsp3) is 0.300. The zero-order chi connectivity index (χ0) is 16.9. The monoisotopic (exact) mass is 324 g/mol. The molecular weight excluding hydrogens is 304 g/mol. The first-order valence-electron chi connectivity index (χ1n) is 8.12. The lowest BCUT2D eigenvalue weighted by Gasteiger charge is -2.30. The molecule has 0 aliphatic carbocycles. The highest BCUT2D eigenvalue weighted by atomic mass is 16.5. The van der Waals surface area contributed by atoms with Crippen molar-refractivity contribution in [2.45, 2.75) is 31.8 Å². The lowest BCUT2D eigenvalue weighted by Crippen LogP contribution is -2.27. The first kappa shape index (κ1) is 14.9. The molecule has 0 saturated carbocycles. The summed E-state index contributed by atoms with van der Waals surface area (Å²) in [5.41, 5.74) is 2.26. The van der Waals surface area contributed by atoms with E-state index >= 15 is 0 Å². The smallest absolute Gasteiger partial charge is 0.131 e. The number of fused-ring (bicyclic) bond motifs is 2. The molecule has 2 heterocycles. The summed E-state index contributed by atoms with van der Waals surface area (Å²) in [6, 6.07) is 9.01. The second-order valence-electron chi connectivity index (χ2n) is 6.96. The number of hydrogen-bond acceptors (Lipinski definition) is 4. The number of benzene rings is 2. The van der Waals surface area contributed by atoms with E-state index in [0.717, 1.165) is 23.1 Å². The Morgan fingerprint density at radius 1 is 1.08 bits per heavy atom. The fourth-order valence-corrected chi connectivity index (χ4v) is 3.35. The van der Waals surface area contributed by atoms with Crippen LogP contribution >= 0.6 is 0 Å². The van der Waals surface area contributed by atoms with Crippen molar-refractivity contribution in [2.75, 3.05) is 6.61 Å². The summed E-state index contributed by atoms with van der Waals surface area (Å²) >= 11 is 0. The van der Waals surface area contributed by atoms with E-state index < -0.39 is 0 Å². The minimum absolute atomic E-state index is 0.0654. The van der Waals surface area contributed by atoms with Crippen molar-refractivity contribution >= 4 is 6.08 Å². The van der Waals surface area contributed by atoms with Crippen LogP contribution in [0.25, 0.3) is 6.08 Å². The average Bonchev–Trinajstić information content (AvgIpc) is 2.54. The molecule has 2 N–H and O–H groups in total. The Balaban J connectivity index is 1.68. The van der Waals surface area contributed by atoms with Crippen molar-refractivity contribution < 1.29 is 19.7 Å². The standard InChI is InChI=1S/C20H20O4/c1-20(2)8-7-16-17(24-20)6-5-15(19(16)22)13-9-12-3-4-14(21)10-18(12)23-11-13/h3-8,10,13,21-22H,9,11H2,1-2H3/t13-/m0/s1. The maximum absolute atomic E-state index is 10.7. The highest BCUT2D eigenvalue weighted by molar-refractivity contribution is 5.69. The molecule has 4 rings (SSSR count). The molecule has 2 aromatic carbocycles. The van der Waals surface area contributed by atoms with Gasteiger partial charge < -0.3 is 19.7 Å². The van der Waals surface area contributed by atoms with E-state index in [1.807, 2.05) is 44.2 Å². The number of hydrogen-bond donors (Lipinski definition) is 2. The first-order chi connectivity index (χ1) is 11.4. The Morgan fingerprint density at radius 3 is 2.75 bits per heavy atom. The number of phenols is 2. The van der Waals surface area contributed by atoms with Crippen LogP contribution in [-0.2, 0) is 6.42 Å². The van der Waals surface area contributed by atoms with Crippen molar-refractivity contribution in [3.05, 3.63) is 53.1 Å². The zero-order valence-corrected chi connectivity index (χ0v) is 13.7. The molecule has 0 amide bonds. The van der Waals surface area contributed by atoms with Gasteiger partial charge in [-0.25, -0.2) is 0 Å². The molecule has 2 aliphatic rings. The molecule has 124 valence electrons. The van der Waals surface area contributed by atoms with Gasteiger partial charge in [0.05, 0.1) is 12.2 Å². The van der Waals surface area contributed by atoms with Crippen LogP contribution in [0.2, 0.25) is 0 Å². The lowest BCUT2D eigenvalue weighted by molar-refractivity contribution is 0.158. The summed E-state index contributed by atoms with van der Waals surface area (Å²) in [4.78, 5) is 0. The van der Waals surface area contributed by atoms with Crippen molar-refractivity contribution in [1.82, 2.24) is 0 Å². The second kappa shape index (κ2) is 5.20. The summed E-state index contributed by atoms with van der Waals surface area (Å²) in [6.45, 7) is 4.44. The molecule has 0 unspecified atom stereocenters. The van der Waals surface area contributed by atoms with Gasteiger partial charge in [-0.05, 0) is 50.1 Å². The highest BCUT2D eigenvalue weighted by Gasteiger charge is 2.28. The molecular formula is C20H20O4. The minimum Gasteiger partial charge on any atom is -0.508 e. The van der Waals surface area contributed by atoms with Crippen LogP contribution in [0.3, 0.4) is 0 Å². The molecule has 2 aliphatic heterocycles. The van der Waals surface area contributed by atoms with E-state index in [1.54, 1.807) is 12.1 Å². The summed E-state index contributed by atoms with van der Waals surface area (Å²) < 4.78 is 11.7. The number of phenolic OH excluding ortho intramolecular Hbond substituents is 2. The first-order valence-corrected chi connectivity index (χ1v) is 8.12. The minimum atomic E-state index is -0.365. The quantitative estimate of drug-likeness (QED) is 0.832. The normalized spacial score (nSPS) is 20.5. The number of rotatable bonds is 1. The van der Waals surface area contributed by atoms with Crippen LogP contribution in [0.15, 0.2) is 36.4 Å². The van der Waals surface area contributed by atoms with Gasteiger partial charge in [0.25, 0.3) is 0 Å². The van der Waals surface area contributed by atoms with Crippen LogP contribution in [0, 0.1) is 0 Å². The van der Waals surface area contributed by atoms with Gasteiger partial charge in [-0.1, -0.05) is 12.1 Å². The molecule has 1 atom stereocenters. The molecule has 0 aromatic heterocycles. The maximum atomic E-state index is 10.7. The third-order valence-electron chi connectivity index (χ3n) is 4.63. The summed E-state index contributed by atoms with van der Waals surface area (Å²) in [6.07, 6.45) is 4.64. The molecule has 2 aromatic rings. The van der Waals surface area contributed by atoms with Crippen molar-refractivity contribution in [2.24, 2.45) is 0 Å². The topological polar surface area (TPSA) is 58.9 Å². The Hall–Kier alpha value is -2.62. The molecule has 4 heteroatoms. The van der Waals surface area contributed by atoms with Gasteiger partial charge in [0.1, 0.15) is 28.6 Å². The lowest BCUT2D eigenvalue weighted by atomic mass is 9.87. The molecule has 0 bridgehead atoms. The SMILES string of the molecule is CC1(C)C=Cc2c(ccc([C@@H]3COc4cc(O)ccc4C3)c2O)O1. The van der Waals surface area contributed by atoms with E-state index in [4.69, 9.17) is 9.47 Å². The van der Waals surface area contributed by atoms with E-state index in [1.165, 1.54) is 0 Å². The van der Waals surface area contributed by atoms with Gasteiger partial charge in [-0.15, -0.1) is 0 Å². The van der Waals surface area contributed by atoms with Crippen molar-refractivity contribution in [1.29, 1.82) is 0 Å². The van der Waals surface area contributed by atoms with Crippen LogP contribution in [0.1, 0.15) is 36.5 Å². The Kier molecular flexibility index (Phi) is 3.23. The molecule has 0 saturated heterocycles. The van der Waals surface area contributed by atoms with E-state index in [0.29, 0.717) is 18.1 Å². The van der Waals surface area contributed by atoms with Crippen LogP contribution in [0.5, 0.6) is 23.0 Å². The van der Waals surface area contributed by atoms with Crippen molar-refractivity contribution in [3.8, 4) is 23.0 Å². The van der Waals surface area contributed by atoms with Gasteiger partial charge in [0, 0.05) is 17.5 Å². The zero-order valence-electron chi connectivity index (χ0n) is 13.7. The van der Waals surface area contributed by atoms with Gasteiger partial charge >= 0.3 is 0 Å². The third-order valence-corrected chi connectivity index (χ3v) is 4.63. The Morgan fingerprint density at radius 2 is 1.92 bits per heavy atom. The third kappa shape index (κ3) is 2.48. The summed E-state index contributed by atoms with van der Waals surface area (Å²) in [5.74, 6) is 1.94. The number of ether oxygens (including phenoxy) is 2. The van der Waals surface area contributed by atoms with E-state index in [-0.39, 0.29) is 23.0 Å². The molecule has 0 radical (unpaired) electrons. The maximum Gasteiger partial charge on any atom is 0.131 e. The van der Waals surface area contributed by atoms with Crippen molar-refractivity contribution in [3.63, 3.8) is 0 Å². The summed E-state index contributed by atoms with van der Waals surface area (Å²) in [5, 5.41) is 20.3. The van der Waals surface area contributed by atoms with E-state index in [2.05, 4.69) is 0 Å². The molecule has 0 fully saturated rings. The molecule has 0 spiro atoms. The largest absolute Gasteiger partial charge is 0.508 e. The molecule has 24 heavy (non-hydrogen) atoms. The number of aromatic hydroxyl groups is 2.